The van der Waals surface area contributed by atoms with Gasteiger partial charge in [-0.2, -0.15) is 5.10 Å². The third kappa shape index (κ3) is 4.04. The summed E-state index contributed by atoms with van der Waals surface area (Å²) in [4.78, 5) is 0. The van der Waals surface area contributed by atoms with E-state index in [1.54, 1.807) is 0 Å². The number of hydrogen-bond acceptors (Lipinski definition) is 2. The molecule has 0 aromatic carbocycles. The highest BCUT2D eigenvalue weighted by molar-refractivity contribution is 4.99. The molecule has 1 atom stereocenters. The average Bonchev–Trinajstić information content (AvgIpc) is 2.58. The van der Waals surface area contributed by atoms with Crippen molar-refractivity contribution in [2.45, 2.75) is 45.6 Å². The summed E-state index contributed by atoms with van der Waals surface area (Å²) in [6.45, 7) is 4.12. The van der Waals surface area contributed by atoms with Crippen molar-refractivity contribution in [1.82, 2.24) is 9.78 Å². The molecule has 0 aliphatic carbocycles. The quantitative estimate of drug-likeness (QED) is 0.731. The number of hydrogen-bond donors (Lipinski definition) is 1. The maximum absolute atomic E-state index is 9.62. The van der Waals surface area contributed by atoms with Crippen molar-refractivity contribution in [3.05, 3.63) is 18.0 Å². The van der Waals surface area contributed by atoms with Crippen molar-refractivity contribution < 1.29 is 5.11 Å². The monoisotopic (exact) mass is 210 g/mol. The first-order chi connectivity index (χ1) is 7.11. The number of rotatable bonds is 6. The number of aryl methyl sites for hydroxylation is 2. The zero-order chi connectivity index (χ0) is 11.3. The van der Waals surface area contributed by atoms with Gasteiger partial charge < -0.3 is 5.11 Å². The van der Waals surface area contributed by atoms with Crippen LogP contribution in [0.3, 0.4) is 0 Å². The summed E-state index contributed by atoms with van der Waals surface area (Å²) in [5, 5.41) is 13.7. The Balaban J connectivity index is 2.15. The summed E-state index contributed by atoms with van der Waals surface area (Å²) < 4.78 is 1.92. The van der Waals surface area contributed by atoms with Crippen LogP contribution in [0.15, 0.2) is 12.3 Å². The fourth-order valence-electron chi connectivity index (χ4n) is 1.64. The van der Waals surface area contributed by atoms with Crippen LogP contribution in [0.4, 0.5) is 0 Å². The lowest BCUT2D eigenvalue weighted by Gasteiger charge is -2.13. The second-order valence-corrected chi connectivity index (χ2v) is 4.50. The van der Waals surface area contributed by atoms with Gasteiger partial charge in [0.2, 0.25) is 0 Å². The van der Waals surface area contributed by atoms with Gasteiger partial charge in [-0.05, 0) is 31.2 Å². The van der Waals surface area contributed by atoms with Crippen molar-refractivity contribution in [3.63, 3.8) is 0 Å². The number of nitrogens with zero attached hydrogens (tertiary/aromatic N) is 2. The number of aromatic nitrogens is 2. The molecule has 0 saturated heterocycles. The van der Waals surface area contributed by atoms with E-state index in [9.17, 15) is 5.11 Å². The Labute approximate surface area is 92.1 Å². The van der Waals surface area contributed by atoms with E-state index in [2.05, 4.69) is 25.0 Å². The van der Waals surface area contributed by atoms with Crippen LogP contribution in [0, 0.1) is 5.92 Å². The third-order valence-electron chi connectivity index (χ3n) is 2.87. The van der Waals surface area contributed by atoms with Crippen molar-refractivity contribution in [2.24, 2.45) is 13.0 Å². The molecule has 86 valence electrons. The van der Waals surface area contributed by atoms with Crippen LogP contribution >= 0.6 is 0 Å². The predicted octanol–water partition coefficient (Wildman–Crippen LogP) is 2.15. The molecule has 1 rings (SSSR count). The lowest BCUT2D eigenvalue weighted by atomic mass is 10.0. The summed E-state index contributed by atoms with van der Waals surface area (Å²) in [6, 6.07) is 2.05. The summed E-state index contributed by atoms with van der Waals surface area (Å²) in [6.07, 6.45) is 5.87. The Morgan fingerprint density at radius 1 is 1.40 bits per heavy atom. The average molecular weight is 210 g/mol. The van der Waals surface area contributed by atoms with Gasteiger partial charge in [-0.15, -0.1) is 0 Å². The van der Waals surface area contributed by atoms with Crippen LogP contribution in [0.1, 0.15) is 38.8 Å². The zero-order valence-electron chi connectivity index (χ0n) is 9.98. The molecule has 1 heterocycles. The summed E-state index contributed by atoms with van der Waals surface area (Å²) in [5.74, 6) is 0.377. The van der Waals surface area contributed by atoms with Gasteiger partial charge in [0.25, 0.3) is 0 Å². The van der Waals surface area contributed by atoms with Crippen molar-refractivity contribution in [3.8, 4) is 0 Å². The highest BCUT2D eigenvalue weighted by Gasteiger charge is 2.08. The largest absolute Gasteiger partial charge is 0.393 e. The van der Waals surface area contributed by atoms with Gasteiger partial charge >= 0.3 is 0 Å². The van der Waals surface area contributed by atoms with E-state index in [-0.39, 0.29) is 6.10 Å². The molecule has 0 bridgehead atoms. The molecule has 0 saturated carbocycles. The Hall–Kier alpha value is -0.830. The Morgan fingerprint density at radius 3 is 2.67 bits per heavy atom. The van der Waals surface area contributed by atoms with Gasteiger partial charge in [0, 0.05) is 18.9 Å². The highest BCUT2D eigenvalue weighted by Crippen LogP contribution is 2.11. The first-order valence-electron chi connectivity index (χ1n) is 5.76. The minimum absolute atomic E-state index is 0.142. The summed E-state index contributed by atoms with van der Waals surface area (Å²) in [7, 11) is 1.97. The molecule has 0 aliphatic heterocycles. The second kappa shape index (κ2) is 5.91. The normalized spacial score (nSPS) is 13.4. The van der Waals surface area contributed by atoms with Crippen molar-refractivity contribution in [1.29, 1.82) is 0 Å². The van der Waals surface area contributed by atoms with Crippen LogP contribution in [-0.2, 0) is 13.5 Å². The first-order valence-corrected chi connectivity index (χ1v) is 5.76. The fraction of sp³-hybridized carbons (Fsp3) is 0.750. The summed E-state index contributed by atoms with van der Waals surface area (Å²) >= 11 is 0. The van der Waals surface area contributed by atoms with Crippen LogP contribution in [0.25, 0.3) is 0 Å². The number of aliphatic hydroxyl groups is 1. The van der Waals surface area contributed by atoms with Crippen LogP contribution in [0.5, 0.6) is 0 Å². The number of aliphatic hydroxyl groups excluding tert-OH is 1. The molecule has 0 amide bonds. The molecule has 1 aromatic rings. The number of unbranched alkanes of at least 4 members (excludes halogenated alkanes) is 1. The lowest BCUT2D eigenvalue weighted by molar-refractivity contribution is 0.113. The maximum atomic E-state index is 9.62. The van der Waals surface area contributed by atoms with Gasteiger partial charge in [-0.1, -0.05) is 20.3 Å². The molecule has 3 nitrogen and oxygen atoms in total. The van der Waals surface area contributed by atoms with Crippen LogP contribution in [0.2, 0.25) is 0 Å². The first kappa shape index (κ1) is 12.2. The van der Waals surface area contributed by atoms with Crippen molar-refractivity contribution in [2.75, 3.05) is 0 Å². The van der Waals surface area contributed by atoms with Gasteiger partial charge in [-0.3, -0.25) is 4.68 Å². The van der Waals surface area contributed by atoms with E-state index in [0.29, 0.717) is 5.92 Å². The minimum Gasteiger partial charge on any atom is -0.393 e. The highest BCUT2D eigenvalue weighted by atomic mass is 16.3. The van der Waals surface area contributed by atoms with E-state index >= 15 is 0 Å². The van der Waals surface area contributed by atoms with Gasteiger partial charge in [0.05, 0.1) is 6.10 Å². The topological polar surface area (TPSA) is 38.1 Å². The molecule has 0 fully saturated rings. The van der Waals surface area contributed by atoms with Gasteiger partial charge in [0.15, 0.2) is 0 Å². The molecular formula is C12H22N2O. The molecule has 0 aliphatic rings. The molecule has 3 heteroatoms. The Kier molecular flexibility index (Phi) is 4.82. The third-order valence-corrected chi connectivity index (χ3v) is 2.87. The zero-order valence-corrected chi connectivity index (χ0v) is 9.98. The van der Waals surface area contributed by atoms with E-state index in [0.717, 1.165) is 25.7 Å². The van der Waals surface area contributed by atoms with Gasteiger partial charge in [-0.25, -0.2) is 0 Å². The van der Waals surface area contributed by atoms with E-state index < -0.39 is 0 Å². The van der Waals surface area contributed by atoms with Crippen LogP contribution < -0.4 is 0 Å². The molecule has 15 heavy (non-hydrogen) atoms. The van der Waals surface area contributed by atoms with Gasteiger partial charge in [0.1, 0.15) is 0 Å². The van der Waals surface area contributed by atoms with E-state index in [1.165, 1.54) is 5.69 Å². The van der Waals surface area contributed by atoms with Crippen molar-refractivity contribution >= 4 is 0 Å². The van der Waals surface area contributed by atoms with E-state index in [4.69, 9.17) is 0 Å². The smallest absolute Gasteiger partial charge is 0.0563 e. The van der Waals surface area contributed by atoms with Crippen LogP contribution in [-0.4, -0.2) is 21.0 Å². The standard InChI is InChI=1S/C12H22N2O/c1-10(2)12(15)7-5-4-6-11-8-9-13-14(11)3/h8-10,12,15H,4-7H2,1-3H3. The Bertz CT molecular complexity index is 281. The minimum atomic E-state index is -0.142. The molecule has 1 aromatic heterocycles. The molecule has 0 radical (unpaired) electrons. The predicted molar refractivity (Wildman–Crippen MR) is 61.6 cm³/mol. The summed E-state index contributed by atoms with van der Waals surface area (Å²) in [5.41, 5.74) is 1.27. The second-order valence-electron chi connectivity index (χ2n) is 4.50. The Morgan fingerprint density at radius 2 is 2.13 bits per heavy atom. The van der Waals surface area contributed by atoms with E-state index in [1.807, 2.05) is 17.9 Å². The molecular weight excluding hydrogens is 188 g/mol. The maximum Gasteiger partial charge on any atom is 0.0563 e. The SMILES string of the molecule is CC(C)C(O)CCCCc1ccnn1C. The lowest BCUT2D eigenvalue weighted by Crippen LogP contribution is -2.14. The molecule has 1 unspecified atom stereocenters. The fourth-order valence-corrected chi connectivity index (χ4v) is 1.64. The molecule has 0 spiro atoms. The molecule has 1 N–H and O–H groups in total.